The average Bonchev–Trinajstić information content (AvgIpc) is 3.24. The Hall–Kier alpha value is -2.77. The molecule has 152 valence electrons. The van der Waals surface area contributed by atoms with E-state index < -0.39 is 0 Å². The maximum Gasteiger partial charge on any atom is 0.275 e. The van der Waals surface area contributed by atoms with E-state index in [4.69, 9.17) is 5.11 Å². The minimum atomic E-state index is -0.209. The van der Waals surface area contributed by atoms with E-state index in [2.05, 4.69) is 57.7 Å². The van der Waals surface area contributed by atoms with Crippen molar-refractivity contribution < 1.29 is 9.90 Å². The van der Waals surface area contributed by atoms with Crippen LogP contribution in [0.3, 0.4) is 0 Å². The first-order valence-electron chi connectivity index (χ1n) is 10.1. The molecular weight excluding hydrogens is 366 g/mol. The highest BCUT2D eigenvalue weighted by Gasteiger charge is 2.23. The van der Waals surface area contributed by atoms with Crippen LogP contribution in [0.5, 0.6) is 0 Å². The van der Waals surface area contributed by atoms with Gasteiger partial charge in [-0.05, 0) is 35.2 Å². The second-order valence-corrected chi connectivity index (χ2v) is 7.72. The minimum Gasteiger partial charge on any atom is -0.395 e. The van der Waals surface area contributed by atoms with E-state index in [9.17, 15) is 4.79 Å². The van der Waals surface area contributed by atoms with Gasteiger partial charge in [-0.15, -0.1) is 5.10 Å². The Kier molecular flexibility index (Phi) is 5.87. The molecule has 1 saturated heterocycles. The van der Waals surface area contributed by atoms with E-state index in [1.165, 1.54) is 21.2 Å². The Labute approximate surface area is 170 Å². The van der Waals surface area contributed by atoms with E-state index in [-0.39, 0.29) is 18.6 Å². The lowest BCUT2D eigenvalue weighted by molar-refractivity contribution is 0.0761. The molecular formula is C22H27N5O2. The second kappa shape index (κ2) is 8.71. The van der Waals surface area contributed by atoms with Crippen molar-refractivity contribution >= 4 is 16.7 Å². The number of benzene rings is 2. The Morgan fingerprint density at radius 3 is 2.69 bits per heavy atom. The fourth-order valence-electron chi connectivity index (χ4n) is 3.94. The molecule has 1 amide bonds. The topological polar surface area (TPSA) is 74.5 Å². The highest BCUT2D eigenvalue weighted by atomic mass is 16.3. The van der Waals surface area contributed by atoms with Crippen LogP contribution in [0.15, 0.2) is 48.7 Å². The summed E-state index contributed by atoms with van der Waals surface area (Å²) in [7, 11) is 1.66. The van der Waals surface area contributed by atoms with Crippen LogP contribution in [0, 0.1) is 0 Å². The van der Waals surface area contributed by atoms with Gasteiger partial charge in [0.15, 0.2) is 5.69 Å². The summed E-state index contributed by atoms with van der Waals surface area (Å²) in [5.74, 6) is -0.209. The third-order valence-electron chi connectivity index (χ3n) is 5.66. The first-order valence-corrected chi connectivity index (χ1v) is 10.1. The van der Waals surface area contributed by atoms with Gasteiger partial charge in [0.05, 0.1) is 18.8 Å². The zero-order valence-electron chi connectivity index (χ0n) is 16.7. The van der Waals surface area contributed by atoms with E-state index in [0.717, 1.165) is 32.5 Å². The molecule has 1 N–H and O–H groups in total. The van der Waals surface area contributed by atoms with Gasteiger partial charge in [0.25, 0.3) is 5.91 Å². The summed E-state index contributed by atoms with van der Waals surface area (Å²) in [4.78, 5) is 16.2. The third kappa shape index (κ3) is 4.46. The van der Waals surface area contributed by atoms with Crippen molar-refractivity contribution in [1.29, 1.82) is 0 Å². The van der Waals surface area contributed by atoms with Crippen molar-refractivity contribution in [2.24, 2.45) is 0 Å². The molecule has 0 saturated carbocycles. The smallest absolute Gasteiger partial charge is 0.275 e. The molecule has 2 aromatic carbocycles. The summed E-state index contributed by atoms with van der Waals surface area (Å²) in [6.07, 6.45) is 3.70. The maximum absolute atomic E-state index is 12.3. The summed E-state index contributed by atoms with van der Waals surface area (Å²) in [6.45, 7) is 3.16. The SMILES string of the molecule is CN(CCO)C(=O)c1cn(C2CCN(Cc3ccc4ccccc4c3)CC2)nn1. The average molecular weight is 393 g/mol. The summed E-state index contributed by atoms with van der Waals surface area (Å²) in [5, 5.41) is 19.8. The maximum atomic E-state index is 12.3. The number of hydrogen-bond acceptors (Lipinski definition) is 5. The number of likely N-dealkylation sites (tertiary alicyclic amines) is 1. The predicted molar refractivity (Wildman–Crippen MR) is 112 cm³/mol. The fourth-order valence-corrected chi connectivity index (χ4v) is 3.94. The number of carbonyl (C=O) groups is 1. The Morgan fingerprint density at radius 1 is 1.17 bits per heavy atom. The van der Waals surface area contributed by atoms with Gasteiger partial charge in [-0.2, -0.15) is 0 Å². The van der Waals surface area contributed by atoms with Gasteiger partial charge in [0.1, 0.15) is 0 Å². The number of fused-ring (bicyclic) bond motifs is 1. The molecule has 1 aromatic heterocycles. The highest BCUT2D eigenvalue weighted by molar-refractivity contribution is 5.91. The third-order valence-corrected chi connectivity index (χ3v) is 5.66. The van der Waals surface area contributed by atoms with Crippen molar-refractivity contribution in [1.82, 2.24) is 24.8 Å². The van der Waals surface area contributed by atoms with Gasteiger partial charge >= 0.3 is 0 Å². The summed E-state index contributed by atoms with van der Waals surface area (Å²) < 4.78 is 1.83. The molecule has 0 spiro atoms. The largest absolute Gasteiger partial charge is 0.395 e. The summed E-state index contributed by atoms with van der Waals surface area (Å²) in [5.41, 5.74) is 1.67. The molecule has 3 aromatic rings. The van der Waals surface area contributed by atoms with Gasteiger partial charge in [-0.3, -0.25) is 9.69 Å². The molecule has 7 nitrogen and oxygen atoms in total. The van der Waals surface area contributed by atoms with Crippen LogP contribution in [0.2, 0.25) is 0 Å². The molecule has 0 bridgehead atoms. The molecule has 0 aliphatic carbocycles. The number of aliphatic hydroxyl groups is 1. The first-order chi connectivity index (χ1) is 14.1. The molecule has 1 aliphatic rings. The van der Waals surface area contributed by atoms with Crippen LogP contribution < -0.4 is 0 Å². The van der Waals surface area contributed by atoms with E-state index in [1.807, 2.05) is 4.68 Å². The number of likely N-dealkylation sites (N-methyl/N-ethyl adjacent to an activating group) is 1. The molecule has 0 unspecified atom stereocenters. The van der Waals surface area contributed by atoms with Crippen molar-refractivity contribution in [3.05, 3.63) is 59.9 Å². The Morgan fingerprint density at radius 2 is 1.93 bits per heavy atom. The van der Waals surface area contributed by atoms with Gasteiger partial charge in [-0.1, -0.05) is 41.6 Å². The minimum absolute atomic E-state index is 0.0634. The lowest BCUT2D eigenvalue weighted by Crippen LogP contribution is -2.34. The van der Waals surface area contributed by atoms with Gasteiger partial charge in [-0.25, -0.2) is 4.68 Å². The molecule has 1 fully saturated rings. The molecule has 1 aliphatic heterocycles. The number of piperidine rings is 1. The number of aromatic nitrogens is 3. The van der Waals surface area contributed by atoms with E-state index in [0.29, 0.717) is 12.2 Å². The summed E-state index contributed by atoms with van der Waals surface area (Å²) in [6, 6.07) is 15.4. The number of aliphatic hydroxyl groups excluding tert-OH is 1. The van der Waals surface area contributed by atoms with Crippen LogP contribution in [0.1, 0.15) is 34.9 Å². The van der Waals surface area contributed by atoms with Crippen LogP contribution >= 0.6 is 0 Å². The lowest BCUT2D eigenvalue weighted by Gasteiger charge is -2.31. The number of carbonyl (C=O) groups excluding carboxylic acids is 1. The van der Waals surface area contributed by atoms with Crippen molar-refractivity contribution in [3.8, 4) is 0 Å². The number of nitrogens with zero attached hydrogens (tertiary/aromatic N) is 5. The van der Waals surface area contributed by atoms with Crippen LogP contribution in [0.4, 0.5) is 0 Å². The van der Waals surface area contributed by atoms with Gasteiger partial charge < -0.3 is 10.0 Å². The molecule has 0 radical (unpaired) electrons. The number of rotatable bonds is 6. The van der Waals surface area contributed by atoms with Crippen molar-refractivity contribution in [3.63, 3.8) is 0 Å². The molecule has 7 heteroatoms. The van der Waals surface area contributed by atoms with E-state index in [1.54, 1.807) is 13.2 Å². The summed E-state index contributed by atoms with van der Waals surface area (Å²) >= 11 is 0. The lowest BCUT2D eigenvalue weighted by atomic mass is 10.0. The fraction of sp³-hybridized carbons (Fsp3) is 0.409. The zero-order chi connectivity index (χ0) is 20.2. The number of amides is 1. The predicted octanol–water partition coefficient (Wildman–Crippen LogP) is 2.33. The molecule has 29 heavy (non-hydrogen) atoms. The van der Waals surface area contributed by atoms with Crippen LogP contribution in [-0.2, 0) is 6.54 Å². The highest BCUT2D eigenvalue weighted by Crippen LogP contribution is 2.24. The quantitative estimate of drug-likeness (QED) is 0.696. The van der Waals surface area contributed by atoms with E-state index >= 15 is 0 Å². The zero-order valence-corrected chi connectivity index (χ0v) is 16.7. The van der Waals surface area contributed by atoms with Crippen molar-refractivity contribution in [2.75, 3.05) is 33.3 Å². The second-order valence-electron chi connectivity index (χ2n) is 7.72. The monoisotopic (exact) mass is 393 g/mol. The molecule has 2 heterocycles. The molecule has 0 atom stereocenters. The van der Waals surface area contributed by atoms with Gasteiger partial charge in [0, 0.05) is 33.2 Å². The normalized spacial score (nSPS) is 15.7. The number of hydrogen-bond donors (Lipinski definition) is 1. The Bertz CT molecular complexity index is 978. The van der Waals surface area contributed by atoms with Crippen molar-refractivity contribution in [2.45, 2.75) is 25.4 Å². The standard InChI is InChI=1S/C22H27N5O2/c1-25(12-13-28)22(29)21-16-27(24-23-21)20-8-10-26(11-9-20)15-17-6-7-18-4-2-3-5-19(18)14-17/h2-7,14,16,20,28H,8-13,15H2,1H3. The van der Waals surface area contributed by atoms with Gasteiger partial charge in [0.2, 0.25) is 0 Å². The van der Waals surface area contributed by atoms with Crippen LogP contribution in [0.25, 0.3) is 10.8 Å². The van der Waals surface area contributed by atoms with Crippen LogP contribution in [-0.4, -0.2) is 69.1 Å². The first kappa shape index (κ1) is 19.5. The molecule has 4 rings (SSSR count). The Balaban J connectivity index is 1.34.